The smallest absolute Gasteiger partial charge is 0.406 e. The van der Waals surface area contributed by atoms with Gasteiger partial charge in [-0.25, -0.2) is 9.97 Å². The maximum Gasteiger partial charge on any atom is 0.573 e. The number of rotatable bonds is 8. The Hall–Kier alpha value is -2.29. The lowest BCUT2D eigenvalue weighted by Gasteiger charge is -2.11. The summed E-state index contributed by atoms with van der Waals surface area (Å²) < 4.78 is 40.2. The summed E-state index contributed by atoms with van der Waals surface area (Å²) in [7, 11) is 0. The van der Waals surface area contributed by atoms with Gasteiger partial charge in [-0.15, -0.1) is 13.2 Å². The zero-order valence-electron chi connectivity index (χ0n) is 15.9. The van der Waals surface area contributed by atoms with Gasteiger partial charge >= 0.3 is 6.36 Å². The lowest BCUT2D eigenvalue weighted by molar-refractivity contribution is -0.274. The fraction of sp³-hybridized carbons (Fsp3) is 0.421. The van der Waals surface area contributed by atoms with Gasteiger partial charge in [-0.05, 0) is 56.2 Å². The van der Waals surface area contributed by atoms with Crippen LogP contribution in [0.2, 0.25) is 0 Å². The summed E-state index contributed by atoms with van der Waals surface area (Å²) in [4.78, 5) is 20.9. The zero-order chi connectivity index (χ0) is 20.7. The second-order valence-corrected chi connectivity index (χ2v) is 6.92. The predicted molar refractivity (Wildman–Crippen MR) is 101 cm³/mol. The van der Waals surface area contributed by atoms with Crippen LogP contribution in [0.1, 0.15) is 28.9 Å². The van der Waals surface area contributed by atoms with Gasteiger partial charge in [0.25, 0.3) is 0 Å². The monoisotopic (exact) mass is 413 g/mol. The van der Waals surface area contributed by atoms with Crippen LogP contribution in [0.5, 0.6) is 5.75 Å². The quantitative estimate of drug-likeness (QED) is 0.523. The molecule has 1 amide bonds. The highest BCUT2D eigenvalue weighted by atomic mass is 32.2. The first-order chi connectivity index (χ1) is 13.2. The molecule has 0 radical (unpaired) electrons. The normalized spacial score (nSPS) is 11.4. The van der Waals surface area contributed by atoms with Crippen LogP contribution < -0.4 is 10.1 Å². The van der Waals surface area contributed by atoms with Crippen LogP contribution in [0.25, 0.3) is 0 Å². The molecule has 2 rings (SSSR count). The van der Waals surface area contributed by atoms with Gasteiger partial charge in [-0.3, -0.25) is 4.79 Å². The highest BCUT2D eigenvalue weighted by Crippen LogP contribution is 2.22. The number of hydrogen-bond donors (Lipinski definition) is 1. The summed E-state index contributed by atoms with van der Waals surface area (Å²) in [6, 6.07) is 5.61. The fourth-order valence-electron chi connectivity index (χ4n) is 2.69. The summed E-state index contributed by atoms with van der Waals surface area (Å²) >= 11 is 1.48. The van der Waals surface area contributed by atoms with Gasteiger partial charge < -0.3 is 10.1 Å². The van der Waals surface area contributed by atoms with E-state index < -0.39 is 6.36 Å². The Kier molecular flexibility index (Phi) is 7.68. The maximum absolute atomic E-state index is 12.1. The Morgan fingerprint density at radius 3 is 2.25 bits per heavy atom. The summed E-state index contributed by atoms with van der Waals surface area (Å²) in [5, 5.41) is 3.54. The molecule has 0 aliphatic rings. The van der Waals surface area contributed by atoms with E-state index in [1.54, 1.807) is 12.1 Å². The van der Waals surface area contributed by atoms with E-state index in [2.05, 4.69) is 20.0 Å². The van der Waals surface area contributed by atoms with Gasteiger partial charge in [0, 0.05) is 24.4 Å². The number of aryl methyl sites for hydroxylation is 2. The number of alkyl halides is 3. The van der Waals surface area contributed by atoms with E-state index in [1.165, 1.54) is 23.9 Å². The van der Waals surface area contributed by atoms with Crippen molar-refractivity contribution >= 4 is 17.7 Å². The predicted octanol–water partition coefficient (Wildman–Crippen LogP) is 4.01. The molecule has 28 heavy (non-hydrogen) atoms. The average molecular weight is 413 g/mol. The molecule has 0 saturated carbocycles. The first kappa shape index (κ1) is 22.0. The number of amides is 1. The number of thioether (sulfide) groups is 1. The molecule has 0 atom stereocenters. The van der Waals surface area contributed by atoms with Crippen LogP contribution in [-0.2, 0) is 17.6 Å². The minimum Gasteiger partial charge on any atom is -0.406 e. The summed E-state index contributed by atoms with van der Waals surface area (Å²) in [6.07, 6.45) is -1.39. The van der Waals surface area contributed by atoms with Crippen LogP contribution in [0.15, 0.2) is 29.4 Å². The second-order valence-electron chi connectivity index (χ2n) is 6.15. The molecule has 0 bridgehead atoms. The number of benzene rings is 1. The lowest BCUT2D eigenvalue weighted by Crippen LogP contribution is -2.26. The molecule has 0 unspecified atom stereocenters. The Labute approximate surface area is 166 Å². The third kappa shape index (κ3) is 7.03. The zero-order valence-corrected chi connectivity index (χ0v) is 16.7. The Morgan fingerprint density at radius 1 is 1.11 bits per heavy atom. The van der Waals surface area contributed by atoms with Gasteiger partial charge in [0.05, 0.1) is 0 Å². The summed E-state index contributed by atoms with van der Waals surface area (Å²) in [5.74, 6) is -0.356. The standard InChI is InChI=1S/C19H22F3N3O2S/c1-12-16(13(2)25-18(24-12)28-3)8-9-17(26)23-11-10-14-4-6-15(7-5-14)27-19(20,21)22/h4-7H,8-11H2,1-3H3,(H,23,26). The number of nitrogens with zero attached hydrogens (tertiary/aromatic N) is 2. The number of carbonyl (C=O) groups excluding carboxylic acids is 1. The van der Waals surface area contributed by atoms with Crippen molar-refractivity contribution in [2.24, 2.45) is 0 Å². The first-order valence-corrected chi connectivity index (χ1v) is 9.90. The van der Waals surface area contributed by atoms with E-state index in [-0.39, 0.29) is 11.7 Å². The van der Waals surface area contributed by atoms with Crippen molar-refractivity contribution in [3.63, 3.8) is 0 Å². The lowest BCUT2D eigenvalue weighted by atomic mass is 10.1. The fourth-order valence-corrected chi connectivity index (χ4v) is 3.15. The van der Waals surface area contributed by atoms with Gasteiger partial charge in [0.2, 0.25) is 5.91 Å². The van der Waals surface area contributed by atoms with Crippen LogP contribution in [0, 0.1) is 13.8 Å². The Morgan fingerprint density at radius 2 is 1.71 bits per heavy atom. The Balaban J connectivity index is 1.77. The van der Waals surface area contributed by atoms with Crippen molar-refractivity contribution in [3.8, 4) is 5.75 Å². The number of hydrogen-bond acceptors (Lipinski definition) is 5. The number of aromatic nitrogens is 2. The van der Waals surface area contributed by atoms with Crippen molar-refractivity contribution in [3.05, 3.63) is 46.8 Å². The number of ether oxygens (including phenoxy) is 1. The molecule has 1 N–H and O–H groups in total. The molecule has 1 aromatic carbocycles. The molecule has 1 heterocycles. The molecular formula is C19H22F3N3O2S. The Bertz CT molecular complexity index is 788. The first-order valence-electron chi connectivity index (χ1n) is 8.67. The number of carbonyl (C=O) groups is 1. The maximum atomic E-state index is 12.1. The molecular weight excluding hydrogens is 391 g/mol. The number of halogens is 3. The van der Waals surface area contributed by atoms with E-state index in [0.29, 0.717) is 25.8 Å². The van der Waals surface area contributed by atoms with E-state index in [9.17, 15) is 18.0 Å². The molecule has 0 aliphatic carbocycles. The topological polar surface area (TPSA) is 64.1 Å². The van der Waals surface area contributed by atoms with Gasteiger partial charge in [0.1, 0.15) is 5.75 Å². The molecule has 2 aromatic rings. The van der Waals surface area contributed by atoms with Crippen molar-refractivity contribution < 1.29 is 22.7 Å². The highest BCUT2D eigenvalue weighted by Gasteiger charge is 2.30. The van der Waals surface area contributed by atoms with Gasteiger partial charge in [-0.2, -0.15) is 0 Å². The molecule has 0 fully saturated rings. The third-order valence-electron chi connectivity index (χ3n) is 4.08. The van der Waals surface area contributed by atoms with E-state index >= 15 is 0 Å². The molecule has 0 saturated heterocycles. The van der Waals surface area contributed by atoms with Gasteiger partial charge in [0.15, 0.2) is 5.16 Å². The van der Waals surface area contributed by atoms with E-state index in [4.69, 9.17) is 0 Å². The number of nitrogens with one attached hydrogen (secondary N) is 1. The van der Waals surface area contributed by atoms with Crippen LogP contribution in [-0.4, -0.2) is 35.0 Å². The van der Waals surface area contributed by atoms with Crippen LogP contribution in [0.3, 0.4) is 0 Å². The van der Waals surface area contributed by atoms with Crippen molar-refractivity contribution in [1.29, 1.82) is 0 Å². The minimum atomic E-state index is -4.70. The average Bonchev–Trinajstić information content (AvgIpc) is 2.61. The second kappa shape index (κ2) is 9.77. The molecule has 5 nitrogen and oxygen atoms in total. The SMILES string of the molecule is CSc1nc(C)c(CCC(=O)NCCc2ccc(OC(F)(F)F)cc2)c(C)n1. The summed E-state index contributed by atoms with van der Waals surface area (Å²) in [5.41, 5.74) is 3.55. The molecule has 0 spiro atoms. The molecule has 152 valence electrons. The molecule has 0 aliphatic heterocycles. The molecule has 9 heteroatoms. The largest absolute Gasteiger partial charge is 0.573 e. The van der Waals surface area contributed by atoms with Crippen molar-refractivity contribution in [2.45, 2.75) is 44.6 Å². The van der Waals surface area contributed by atoms with Crippen molar-refractivity contribution in [1.82, 2.24) is 15.3 Å². The third-order valence-corrected chi connectivity index (χ3v) is 4.63. The minimum absolute atomic E-state index is 0.0928. The highest BCUT2D eigenvalue weighted by molar-refractivity contribution is 7.98. The van der Waals surface area contributed by atoms with Crippen molar-refractivity contribution in [2.75, 3.05) is 12.8 Å². The van der Waals surface area contributed by atoms with E-state index in [0.717, 1.165) is 27.7 Å². The van der Waals surface area contributed by atoms with E-state index in [1.807, 2.05) is 20.1 Å². The molecule has 1 aromatic heterocycles. The van der Waals surface area contributed by atoms with Crippen LogP contribution in [0.4, 0.5) is 13.2 Å². The summed E-state index contributed by atoms with van der Waals surface area (Å²) in [6.45, 7) is 4.22. The van der Waals surface area contributed by atoms with Gasteiger partial charge in [-0.1, -0.05) is 23.9 Å². The van der Waals surface area contributed by atoms with Crippen LogP contribution >= 0.6 is 11.8 Å².